The lowest BCUT2D eigenvalue weighted by molar-refractivity contribution is -0.169. The Kier molecular flexibility index (Phi) is 6.91. The van der Waals surface area contributed by atoms with E-state index >= 15 is 0 Å². The molecule has 1 aliphatic heterocycles. The molecule has 0 amide bonds. The van der Waals surface area contributed by atoms with E-state index in [1.807, 2.05) is 66.7 Å². The van der Waals surface area contributed by atoms with E-state index in [0.29, 0.717) is 5.56 Å². The SMILES string of the molecule is O=C(O)[C@H]1O[C@H](COCc2ccccc2)[C@](O)(Cc2ccccc2)[C@@]1(O)Cc1ccccc1. The number of hydrogen-bond donors (Lipinski definition) is 3. The molecule has 0 aliphatic carbocycles. The molecule has 1 saturated heterocycles. The van der Waals surface area contributed by atoms with Gasteiger partial charge in [0.1, 0.15) is 17.3 Å². The van der Waals surface area contributed by atoms with Crippen molar-refractivity contribution in [2.45, 2.75) is 42.9 Å². The van der Waals surface area contributed by atoms with E-state index in [1.54, 1.807) is 24.3 Å². The number of carboxylic acids is 1. The van der Waals surface area contributed by atoms with Crippen LogP contribution in [0.4, 0.5) is 0 Å². The van der Waals surface area contributed by atoms with Crippen molar-refractivity contribution in [3.8, 4) is 0 Å². The number of ether oxygens (including phenoxy) is 2. The molecule has 4 atom stereocenters. The summed E-state index contributed by atoms with van der Waals surface area (Å²) in [6.07, 6.45) is -2.73. The van der Waals surface area contributed by atoms with Gasteiger partial charge in [-0.1, -0.05) is 91.0 Å². The number of aliphatic hydroxyl groups is 2. The van der Waals surface area contributed by atoms with Gasteiger partial charge in [0.25, 0.3) is 0 Å². The lowest BCUT2D eigenvalue weighted by atomic mass is 9.71. The molecular formula is C27H28O6. The Hall–Kier alpha value is -3.03. The molecule has 1 heterocycles. The first-order valence-corrected chi connectivity index (χ1v) is 10.9. The molecule has 0 spiro atoms. The molecule has 33 heavy (non-hydrogen) atoms. The third-order valence-electron chi connectivity index (χ3n) is 6.25. The molecule has 0 saturated carbocycles. The summed E-state index contributed by atoms with van der Waals surface area (Å²) >= 11 is 0. The highest BCUT2D eigenvalue weighted by Crippen LogP contribution is 2.44. The number of carbonyl (C=O) groups is 1. The molecule has 6 heteroatoms. The van der Waals surface area contributed by atoms with Gasteiger partial charge in [-0.05, 0) is 16.7 Å². The summed E-state index contributed by atoms with van der Waals surface area (Å²) in [5.41, 5.74) is -1.57. The van der Waals surface area contributed by atoms with Crippen LogP contribution in [-0.4, -0.2) is 51.3 Å². The summed E-state index contributed by atoms with van der Waals surface area (Å²) in [7, 11) is 0. The summed E-state index contributed by atoms with van der Waals surface area (Å²) in [6.45, 7) is 0.204. The Morgan fingerprint density at radius 2 is 1.21 bits per heavy atom. The normalized spacial score (nSPS) is 26.8. The Labute approximate surface area is 193 Å². The molecular weight excluding hydrogens is 420 g/mol. The van der Waals surface area contributed by atoms with Crippen molar-refractivity contribution < 1.29 is 29.6 Å². The molecule has 0 bridgehead atoms. The topological polar surface area (TPSA) is 96.2 Å². The van der Waals surface area contributed by atoms with Gasteiger partial charge in [-0.25, -0.2) is 4.79 Å². The van der Waals surface area contributed by atoms with E-state index in [9.17, 15) is 20.1 Å². The minimum absolute atomic E-state index is 0.0142. The fourth-order valence-electron chi connectivity index (χ4n) is 4.52. The summed E-state index contributed by atoms with van der Waals surface area (Å²) in [5.74, 6) is -1.33. The smallest absolute Gasteiger partial charge is 0.336 e. The summed E-state index contributed by atoms with van der Waals surface area (Å²) < 4.78 is 11.6. The van der Waals surface area contributed by atoms with Gasteiger partial charge in [0.15, 0.2) is 6.10 Å². The fourth-order valence-corrected chi connectivity index (χ4v) is 4.52. The van der Waals surface area contributed by atoms with E-state index in [4.69, 9.17) is 9.47 Å². The van der Waals surface area contributed by atoms with E-state index in [-0.39, 0.29) is 26.1 Å². The first-order valence-electron chi connectivity index (χ1n) is 10.9. The van der Waals surface area contributed by atoms with Crippen molar-refractivity contribution in [3.05, 3.63) is 108 Å². The van der Waals surface area contributed by atoms with Crippen LogP contribution < -0.4 is 0 Å². The fraction of sp³-hybridized carbons (Fsp3) is 0.296. The van der Waals surface area contributed by atoms with Crippen molar-refractivity contribution in [3.63, 3.8) is 0 Å². The van der Waals surface area contributed by atoms with Crippen LogP contribution in [0.15, 0.2) is 91.0 Å². The number of carboxylic acid groups (broad SMARTS) is 1. The van der Waals surface area contributed by atoms with Crippen molar-refractivity contribution in [2.24, 2.45) is 0 Å². The van der Waals surface area contributed by atoms with E-state index in [0.717, 1.165) is 11.1 Å². The molecule has 4 rings (SSSR count). The van der Waals surface area contributed by atoms with Crippen molar-refractivity contribution in [1.82, 2.24) is 0 Å². The van der Waals surface area contributed by atoms with Gasteiger partial charge in [0.2, 0.25) is 0 Å². The highest BCUT2D eigenvalue weighted by atomic mass is 16.6. The maximum absolute atomic E-state index is 12.2. The molecule has 3 aromatic carbocycles. The molecule has 0 radical (unpaired) electrons. The molecule has 0 unspecified atom stereocenters. The average Bonchev–Trinajstić information content (AvgIpc) is 3.02. The van der Waals surface area contributed by atoms with Crippen LogP contribution in [0.1, 0.15) is 16.7 Å². The van der Waals surface area contributed by atoms with Gasteiger partial charge in [0.05, 0.1) is 13.2 Å². The largest absolute Gasteiger partial charge is 0.479 e. The number of aliphatic carboxylic acids is 1. The second-order valence-corrected chi connectivity index (χ2v) is 8.52. The van der Waals surface area contributed by atoms with Gasteiger partial charge in [-0.2, -0.15) is 0 Å². The zero-order valence-corrected chi connectivity index (χ0v) is 18.2. The molecule has 3 aromatic rings. The van der Waals surface area contributed by atoms with Crippen LogP contribution in [0.3, 0.4) is 0 Å². The third kappa shape index (κ3) is 4.84. The molecule has 6 nitrogen and oxygen atoms in total. The average molecular weight is 449 g/mol. The maximum Gasteiger partial charge on any atom is 0.336 e. The van der Waals surface area contributed by atoms with Crippen molar-refractivity contribution >= 4 is 5.97 Å². The summed E-state index contributed by atoms with van der Waals surface area (Å²) in [5, 5.41) is 33.7. The van der Waals surface area contributed by atoms with Gasteiger partial charge >= 0.3 is 5.97 Å². The minimum atomic E-state index is -2.07. The molecule has 1 fully saturated rings. The van der Waals surface area contributed by atoms with E-state index in [1.165, 1.54) is 0 Å². The number of rotatable bonds is 9. The van der Waals surface area contributed by atoms with E-state index in [2.05, 4.69) is 0 Å². The molecule has 0 aromatic heterocycles. The Morgan fingerprint density at radius 1 is 0.758 bits per heavy atom. The van der Waals surface area contributed by atoms with Crippen LogP contribution in [0, 0.1) is 0 Å². The van der Waals surface area contributed by atoms with Crippen LogP contribution >= 0.6 is 0 Å². The maximum atomic E-state index is 12.2. The van der Waals surface area contributed by atoms with Gasteiger partial charge in [-0.15, -0.1) is 0 Å². The quantitative estimate of drug-likeness (QED) is 0.466. The molecule has 172 valence electrons. The van der Waals surface area contributed by atoms with Crippen LogP contribution in [0.5, 0.6) is 0 Å². The monoisotopic (exact) mass is 448 g/mol. The van der Waals surface area contributed by atoms with Gasteiger partial charge in [0, 0.05) is 12.8 Å². The zero-order chi connectivity index (χ0) is 23.3. The predicted octanol–water partition coefficient (Wildman–Crippen LogP) is 3.00. The lowest BCUT2D eigenvalue weighted by Crippen LogP contribution is -2.63. The minimum Gasteiger partial charge on any atom is -0.479 e. The molecule has 3 N–H and O–H groups in total. The standard InChI is InChI=1S/C27H28O6/c28-25(29)24-27(31,17-21-12-6-2-7-13-21)26(30,16-20-10-4-1-5-11-20)23(33-24)19-32-18-22-14-8-3-9-15-22/h1-15,23-24,30-31H,16-19H2,(H,28,29)/t23-,24-,26-,27-/m1/s1. The summed E-state index contributed by atoms with van der Waals surface area (Å²) in [4.78, 5) is 12.2. The van der Waals surface area contributed by atoms with E-state index < -0.39 is 29.4 Å². The lowest BCUT2D eigenvalue weighted by Gasteiger charge is -2.40. The van der Waals surface area contributed by atoms with Crippen LogP contribution in [0.2, 0.25) is 0 Å². The first kappa shape index (κ1) is 23.1. The van der Waals surface area contributed by atoms with Crippen LogP contribution in [0.25, 0.3) is 0 Å². The highest BCUT2D eigenvalue weighted by Gasteiger charge is 2.67. The first-order chi connectivity index (χ1) is 15.9. The van der Waals surface area contributed by atoms with Crippen molar-refractivity contribution in [2.75, 3.05) is 6.61 Å². The highest BCUT2D eigenvalue weighted by molar-refractivity contribution is 5.75. The van der Waals surface area contributed by atoms with Gasteiger partial charge in [-0.3, -0.25) is 0 Å². The summed E-state index contributed by atoms with van der Waals surface area (Å²) in [6, 6.07) is 27.7. The van der Waals surface area contributed by atoms with Gasteiger partial charge < -0.3 is 24.8 Å². The number of benzene rings is 3. The third-order valence-corrected chi connectivity index (χ3v) is 6.25. The predicted molar refractivity (Wildman–Crippen MR) is 123 cm³/mol. The number of hydrogen-bond acceptors (Lipinski definition) is 5. The van der Waals surface area contributed by atoms with Crippen molar-refractivity contribution in [1.29, 1.82) is 0 Å². The Morgan fingerprint density at radius 3 is 1.70 bits per heavy atom. The zero-order valence-electron chi connectivity index (χ0n) is 18.2. The Balaban J connectivity index is 1.65. The van der Waals surface area contributed by atoms with Crippen LogP contribution in [-0.2, 0) is 33.7 Å². The second kappa shape index (κ2) is 9.85. The Bertz CT molecular complexity index is 1040. The second-order valence-electron chi connectivity index (χ2n) is 8.52. The molecule has 1 aliphatic rings.